The fraction of sp³-hybridized carbons (Fsp3) is 0.269. The average molecular weight is 599 g/mol. The van der Waals surface area contributed by atoms with Gasteiger partial charge in [-0.25, -0.2) is 24.3 Å². The lowest BCUT2D eigenvalue weighted by Gasteiger charge is -2.23. The van der Waals surface area contributed by atoms with Crippen molar-refractivity contribution in [2.45, 2.75) is 26.2 Å². The summed E-state index contributed by atoms with van der Waals surface area (Å²) in [7, 11) is 2.82. The fourth-order valence-corrected chi connectivity index (χ4v) is 5.27. The first kappa shape index (κ1) is 31.3. The summed E-state index contributed by atoms with van der Waals surface area (Å²) >= 11 is 0.817. The molecule has 220 valence electrons. The van der Waals surface area contributed by atoms with Gasteiger partial charge in [0.15, 0.2) is 0 Å². The number of hydroxylamine groups is 1. The first-order chi connectivity index (χ1) is 19.4. The van der Waals surface area contributed by atoms with Gasteiger partial charge in [-0.15, -0.1) is 11.3 Å². The minimum Gasteiger partial charge on any atom is -0.478 e. The Hall–Kier alpha value is -4.21. The van der Waals surface area contributed by atoms with Crippen LogP contribution in [0.25, 0.3) is 10.4 Å². The van der Waals surface area contributed by atoms with E-state index in [0.29, 0.717) is 27.1 Å². The van der Waals surface area contributed by atoms with Crippen molar-refractivity contribution in [1.82, 2.24) is 10.8 Å². The van der Waals surface area contributed by atoms with Gasteiger partial charge in [-0.05, 0) is 43.8 Å². The van der Waals surface area contributed by atoms with Crippen molar-refractivity contribution >= 4 is 40.1 Å². The number of urea groups is 1. The molecule has 4 N–H and O–H groups in total. The number of anilines is 2. The zero-order valence-electron chi connectivity index (χ0n) is 22.0. The molecule has 3 amide bonds. The lowest BCUT2D eigenvalue weighted by molar-refractivity contribution is -0.138. The third-order valence-electron chi connectivity index (χ3n) is 5.63. The molecule has 2 aromatic carbocycles. The molecule has 1 heterocycles. The Morgan fingerprint density at radius 3 is 2.32 bits per heavy atom. The number of ether oxygens (including phenoxy) is 1. The lowest BCUT2D eigenvalue weighted by Crippen LogP contribution is -2.33. The molecule has 3 rings (SSSR count). The van der Waals surface area contributed by atoms with E-state index in [4.69, 9.17) is 4.74 Å². The van der Waals surface area contributed by atoms with Gasteiger partial charge < -0.3 is 20.5 Å². The number of halogens is 4. The summed E-state index contributed by atoms with van der Waals surface area (Å²) in [6.45, 7) is 0.353. The number of benzene rings is 2. The second-order valence-corrected chi connectivity index (χ2v) is 9.31. The third kappa shape index (κ3) is 7.31. The van der Waals surface area contributed by atoms with Gasteiger partial charge in [0.25, 0.3) is 0 Å². The quantitative estimate of drug-likeness (QED) is 0.171. The number of amides is 3. The Morgan fingerprint density at radius 2 is 1.76 bits per heavy atom. The van der Waals surface area contributed by atoms with E-state index in [1.165, 1.54) is 26.2 Å². The summed E-state index contributed by atoms with van der Waals surface area (Å²) in [5.41, 5.74) is 0.666. The van der Waals surface area contributed by atoms with Crippen LogP contribution in [-0.2, 0) is 28.8 Å². The maximum Gasteiger partial charge on any atom is 0.416 e. The van der Waals surface area contributed by atoms with Crippen LogP contribution in [0.4, 0.5) is 37.8 Å². The number of carbonyl (C=O) groups excluding carboxylic acids is 2. The molecular formula is C26H26F4N4O6S. The van der Waals surface area contributed by atoms with Crippen LogP contribution in [0.5, 0.6) is 0 Å². The van der Waals surface area contributed by atoms with Gasteiger partial charge in [0, 0.05) is 28.2 Å². The van der Waals surface area contributed by atoms with Crippen LogP contribution in [-0.4, -0.2) is 44.0 Å². The third-order valence-corrected chi connectivity index (χ3v) is 6.93. The zero-order valence-corrected chi connectivity index (χ0v) is 22.8. The summed E-state index contributed by atoms with van der Waals surface area (Å²) < 4.78 is 61.0. The zero-order chi connectivity index (χ0) is 30.3. The molecule has 3 aromatic rings. The summed E-state index contributed by atoms with van der Waals surface area (Å²) in [5.74, 6) is -2.68. The number of thiophene rings is 1. The van der Waals surface area contributed by atoms with E-state index in [0.717, 1.165) is 23.5 Å². The molecule has 0 spiro atoms. The lowest BCUT2D eigenvalue weighted by atomic mass is 10.0. The minimum absolute atomic E-state index is 0.00781. The van der Waals surface area contributed by atoms with Crippen molar-refractivity contribution in [1.29, 1.82) is 0 Å². The number of rotatable bonds is 10. The van der Waals surface area contributed by atoms with Gasteiger partial charge >= 0.3 is 24.3 Å². The summed E-state index contributed by atoms with van der Waals surface area (Å²) in [6.07, 6.45) is -6.10. The van der Waals surface area contributed by atoms with Crippen molar-refractivity contribution < 1.29 is 46.6 Å². The molecule has 0 bridgehead atoms. The molecule has 0 atom stereocenters. The SMILES string of the molecule is CCOC(=O)N(Cc1c(F)cccc1C(F)(F)F)c1sc(-c2ccc(NC(=O)NOC)cc2)c(CNC)c1C(=O)O. The number of aromatic carboxylic acids is 1. The van der Waals surface area contributed by atoms with Crippen LogP contribution in [0.15, 0.2) is 42.5 Å². The van der Waals surface area contributed by atoms with Crippen LogP contribution >= 0.6 is 11.3 Å². The number of alkyl halides is 3. The highest BCUT2D eigenvalue weighted by molar-refractivity contribution is 7.20. The normalized spacial score (nSPS) is 11.2. The second-order valence-electron chi connectivity index (χ2n) is 8.31. The van der Waals surface area contributed by atoms with Crippen LogP contribution in [0.3, 0.4) is 0 Å². The van der Waals surface area contributed by atoms with Gasteiger partial charge in [-0.1, -0.05) is 18.2 Å². The smallest absolute Gasteiger partial charge is 0.416 e. The van der Waals surface area contributed by atoms with Crippen molar-refractivity contribution in [2.75, 3.05) is 31.0 Å². The Balaban J connectivity index is 2.19. The van der Waals surface area contributed by atoms with Gasteiger partial charge in [0.2, 0.25) is 0 Å². The minimum atomic E-state index is -4.94. The second kappa shape index (κ2) is 13.4. The number of carboxylic acid groups (broad SMARTS) is 1. The molecule has 0 aliphatic carbocycles. The molecule has 0 unspecified atom stereocenters. The molecule has 0 aliphatic rings. The van der Waals surface area contributed by atoms with E-state index in [-0.39, 0.29) is 29.3 Å². The van der Waals surface area contributed by atoms with Crippen LogP contribution in [0.2, 0.25) is 0 Å². The van der Waals surface area contributed by atoms with Crippen molar-refractivity contribution in [2.24, 2.45) is 0 Å². The van der Waals surface area contributed by atoms with E-state index in [1.54, 1.807) is 19.2 Å². The molecule has 0 fully saturated rings. The molecule has 0 radical (unpaired) electrons. The Labute approximate surface area is 235 Å². The number of carbonyl (C=O) groups is 3. The van der Waals surface area contributed by atoms with E-state index in [2.05, 4.69) is 21.0 Å². The van der Waals surface area contributed by atoms with E-state index in [9.17, 15) is 37.1 Å². The Kier molecular flexibility index (Phi) is 10.3. The summed E-state index contributed by atoms with van der Waals surface area (Å²) in [5, 5.41) is 15.3. The first-order valence-electron chi connectivity index (χ1n) is 12.0. The van der Waals surface area contributed by atoms with Crippen LogP contribution in [0.1, 0.15) is 34.0 Å². The van der Waals surface area contributed by atoms with E-state index >= 15 is 0 Å². The fourth-order valence-electron chi connectivity index (χ4n) is 3.96. The number of hydrogen-bond acceptors (Lipinski definition) is 7. The Morgan fingerprint density at radius 1 is 1.07 bits per heavy atom. The first-order valence-corrected chi connectivity index (χ1v) is 12.8. The highest BCUT2D eigenvalue weighted by atomic mass is 32.1. The van der Waals surface area contributed by atoms with Gasteiger partial charge in [0.1, 0.15) is 10.8 Å². The topological polar surface area (TPSA) is 129 Å². The summed E-state index contributed by atoms with van der Waals surface area (Å²) in [4.78, 5) is 42.9. The van der Waals surface area contributed by atoms with Gasteiger partial charge in [0.05, 0.1) is 31.4 Å². The number of nitrogens with zero attached hydrogens (tertiary/aromatic N) is 1. The van der Waals surface area contributed by atoms with Crippen molar-refractivity contribution in [3.63, 3.8) is 0 Å². The van der Waals surface area contributed by atoms with E-state index < -0.39 is 47.8 Å². The number of nitrogens with one attached hydrogen (secondary N) is 3. The predicted molar refractivity (Wildman–Crippen MR) is 143 cm³/mol. The van der Waals surface area contributed by atoms with Gasteiger partial charge in [-0.2, -0.15) is 13.2 Å². The molecule has 1 aromatic heterocycles. The van der Waals surface area contributed by atoms with E-state index in [1.807, 2.05) is 0 Å². The number of carboxylic acids is 1. The van der Waals surface area contributed by atoms with Crippen LogP contribution < -0.4 is 21.0 Å². The molecule has 0 saturated heterocycles. The monoisotopic (exact) mass is 598 g/mol. The molecule has 0 aliphatic heterocycles. The molecule has 0 saturated carbocycles. The highest BCUT2D eigenvalue weighted by Crippen LogP contribution is 2.44. The molecular weight excluding hydrogens is 572 g/mol. The van der Waals surface area contributed by atoms with Crippen molar-refractivity contribution in [3.8, 4) is 10.4 Å². The van der Waals surface area contributed by atoms with Crippen LogP contribution in [0, 0.1) is 5.82 Å². The Bertz CT molecular complexity index is 1410. The maximum absolute atomic E-state index is 14.8. The largest absolute Gasteiger partial charge is 0.478 e. The number of hydrogen-bond donors (Lipinski definition) is 4. The highest BCUT2D eigenvalue weighted by Gasteiger charge is 2.37. The van der Waals surface area contributed by atoms with Gasteiger partial charge in [-0.3, -0.25) is 9.74 Å². The standard InChI is InChI=1S/C26H26F4N4O6S/c1-4-40-25(38)34(13-17-18(26(28,29)30)6-5-7-19(17)27)22-20(23(35)36)16(12-31-2)21(41-22)14-8-10-15(11-9-14)32-24(37)33-39-3/h5-11,31H,4,12-13H2,1-3H3,(H,35,36)(H2,32,33,37). The predicted octanol–water partition coefficient (Wildman–Crippen LogP) is 5.84. The molecule has 15 heteroatoms. The molecule has 10 nitrogen and oxygen atoms in total. The van der Waals surface area contributed by atoms with Crippen molar-refractivity contribution in [3.05, 3.63) is 70.5 Å². The molecule has 41 heavy (non-hydrogen) atoms. The maximum atomic E-state index is 14.8. The summed E-state index contributed by atoms with van der Waals surface area (Å²) in [6, 6.07) is 7.98. The average Bonchev–Trinajstić information content (AvgIpc) is 3.27.